The Kier molecular flexibility index (Phi) is 22.6. The highest BCUT2D eigenvalue weighted by atomic mass is 28.4. The summed E-state index contributed by atoms with van der Waals surface area (Å²) in [6.07, 6.45) is -1.03. The van der Waals surface area contributed by atoms with Crippen molar-refractivity contribution < 1.29 is 80.6 Å². The fourth-order valence-corrected chi connectivity index (χ4v) is 18.6. The molecule has 0 unspecified atom stereocenters. The van der Waals surface area contributed by atoms with Crippen LogP contribution in [0, 0.1) is 10.8 Å². The summed E-state index contributed by atoms with van der Waals surface area (Å²) in [5, 5.41) is 14.7. The van der Waals surface area contributed by atoms with E-state index in [-0.39, 0.29) is 68.4 Å². The number of hydrogen-bond acceptors (Lipinski definition) is 17. The lowest BCUT2D eigenvalue weighted by molar-refractivity contribution is -0.358. The third-order valence-corrected chi connectivity index (χ3v) is 27.9. The number of cyclic esters (lactones) is 1. The molecule has 1 N–H and O–H groups in total. The van der Waals surface area contributed by atoms with Crippen molar-refractivity contribution in [2.24, 2.45) is 10.8 Å². The quantitative estimate of drug-likeness (QED) is 0.0613. The van der Waals surface area contributed by atoms with Crippen molar-refractivity contribution in [1.82, 2.24) is 0 Å². The van der Waals surface area contributed by atoms with E-state index in [1.165, 1.54) is 33.3 Å². The molecule has 4 aliphatic heterocycles. The molecular formula is C66H98O17Si2. The zero-order chi connectivity index (χ0) is 63.1. The number of methoxy groups -OCH3 is 3. The molecule has 0 saturated carbocycles. The molecule has 17 nitrogen and oxygen atoms in total. The van der Waals surface area contributed by atoms with Gasteiger partial charge in [-0.05, 0) is 78.1 Å². The number of carbonyl (C=O) groups excluding carboxylic acids is 5. The fourth-order valence-electron chi connectivity index (χ4n) is 12.4. The van der Waals surface area contributed by atoms with Gasteiger partial charge in [-0.15, -0.1) is 0 Å². The van der Waals surface area contributed by atoms with Crippen molar-refractivity contribution >= 4 is 56.9 Å². The minimum Gasteiger partial charge on any atom is -0.466 e. The van der Waals surface area contributed by atoms with E-state index in [2.05, 4.69) is 78.9 Å². The average molecular weight is 1220 g/mol. The van der Waals surface area contributed by atoms with Gasteiger partial charge in [0.25, 0.3) is 8.32 Å². The van der Waals surface area contributed by atoms with E-state index >= 15 is 4.79 Å². The Balaban J connectivity index is 1.64. The maximum atomic E-state index is 15.6. The minimum absolute atomic E-state index is 0.0113. The molecule has 2 aromatic carbocycles. The summed E-state index contributed by atoms with van der Waals surface area (Å²) in [4.78, 5) is 69.0. The van der Waals surface area contributed by atoms with Crippen molar-refractivity contribution in [2.45, 2.75) is 244 Å². The maximum Gasteiger partial charge on any atom is 0.330 e. The zero-order valence-electron chi connectivity index (χ0n) is 53.8. The summed E-state index contributed by atoms with van der Waals surface area (Å²) in [5.41, 5.74) is -1.58. The highest BCUT2D eigenvalue weighted by molar-refractivity contribution is 6.99. The van der Waals surface area contributed by atoms with Crippen LogP contribution in [0.3, 0.4) is 0 Å². The van der Waals surface area contributed by atoms with Crippen molar-refractivity contribution in [3.63, 3.8) is 0 Å². The lowest BCUT2D eigenvalue weighted by atomic mass is 9.70. The van der Waals surface area contributed by atoms with Gasteiger partial charge >= 0.3 is 29.8 Å². The molecule has 4 aliphatic rings. The second kappa shape index (κ2) is 27.7. The average Bonchev–Trinajstić information content (AvgIpc) is 1.75. The van der Waals surface area contributed by atoms with E-state index in [9.17, 15) is 24.3 Å². The van der Waals surface area contributed by atoms with Crippen LogP contribution in [0.2, 0.25) is 23.2 Å². The first-order valence-corrected chi connectivity index (χ1v) is 35.0. The molecule has 0 aromatic heterocycles. The number of esters is 5. The lowest BCUT2D eigenvalue weighted by Gasteiger charge is -2.56. The molecule has 3 fully saturated rings. The van der Waals surface area contributed by atoms with Crippen LogP contribution >= 0.6 is 0 Å². The lowest BCUT2D eigenvalue weighted by Crippen LogP contribution is -2.68. The zero-order valence-corrected chi connectivity index (χ0v) is 55.8. The van der Waals surface area contributed by atoms with Gasteiger partial charge in [0.15, 0.2) is 20.2 Å². The second-order valence-electron chi connectivity index (χ2n) is 27.3. The van der Waals surface area contributed by atoms with Crippen LogP contribution in [0.15, 0.2) is 96.1 Å². The predicted molar refractivity (Wildman–Crippen MR) is 327 cm³/mol. The molecule has 3 saturated heterocycles. The molecule has 11 atom stereocenters. The van der Waals surface area contributed by atoms with Crippen molar-refractivity contribution in [2.75, 3.05) is 21.3 Å². The topological polar surface area (TPSA) is 207 Å². The number of aliphatic hydroxyl groups is 1. The minimum atomic E-state index is -3.47. The number of fused-ring (bicyclic) bond motifs is 6. The van der Waals surface area contributed by atoms with E-state index in [0.717, 1.165) is 10.4 Å². The molecule has 0 amide bonds. The van der Waals surface area contributed by atoms with Crippen LogP contribution < -0.4 is 10.4 Å². The molecule has 0 radical (unpaired) electrons. The van der Waals surface area contributed by atoms with E-state index in [4.69, 9.17) is 51.5 Å². The first kappa shape index (κ1) is 69.3. The van der Waals surface area contributed by atoms with Gasteiger partial charge < -0.3 is 56.6 Å². The Morgan fingerprint density at radius 1 is 0.765 bits per heavy atom. The smallest absolute Gasteiger partial charge is 0.330 e. The van der Waals surface area contributed by atoms with Crippen LogP contribution in [0.1, 0.15) is 154 Å². The largest absolute Gasteiger partial charge is 0.466 e. The van der Waals surface area contributed by atoms with Crippen molar-refractivity contribution in [3.05, 3.63) is 96.1 Å². The Bertz CT molecular complexity index is 2690. The molecule has 19 heteroatoms. The van der Waals surface area contributed by atoms with Gasteiger partial charge in [-0.3, -0.25) is 14.4 Å². The third kappa shape index (κ3) is 15.9. The summed E-state index contributed by atoms with van der Waals surface area (Å²) in [6, 6.07) is 20.2. The van der Waals surface area contributed by atoms with Crippen LogP contribution in [0.5, 0.6) is 0 Å². The van der Waals surface area contributed by atoms with E-state index < -0.39 is 129 Å². The summed E-state index contributed by atoms with van der Waals surface area (Å²) < 4.78 is 72.6. The first-order chi connectivity index (χ1) is 39.6. The van der Waals surface area contributed by atoms with Crippen molar-refractivity contribution in [3.8, 4) is 0 Å². The fraction of sp³-hybridized carbons (Fsp3) is 0.652. The normalized spacial score (nSPS) is 30.5. The van der Waals surface area contributed by atoms with Gasteiger partial charge in [0.1, 0.15) is 12.2 Å². The standard InChI is InChI=1S/C66H98O17Si2/c1-19-26-56(68)79-60-46(37-58(70)74-15)36-48-39-54(43(2)82-84(17,18)61(4,5)6)78-59(71)41-50(83-85(62(7,8)9,52-27-22-20-23-28-52)53-29-24-21-25-30-53)38-49-40-55(76-44(3)67)64(12,13)65(75-16,80-49)42-51-34-45(35-57(69)73-14)33-47(77-51)31-32-63(10,11)66(60,72)81-48/h20-25,27-32,35,37,43,47-51,54-55,60,72H,19,26,33-34,36,38-42H2,1-18H3/b32-31+,45-35+,46-37+/t43-,47+,48+,49-,50-,51+,54-,55+,60+,65+,66-/m1/s1. The van der Waals surface area contributed by atoms with E-state index in [1.54, 1.807) is 33.1 Å². The van der Waals surface area contributed by atoms with Crippen LogP contribution in [-0.4, -0.2) is 139 Å². The summed E-state index contributed by atoms with van der Waals surface area (Å²) in [6.45, 7) is 29.4. The molecular weight excluding hydrogens is 1120 g/mol. The summed E-state index contributed by atoms with van der Waals surface area (Å²) in [7, 11) is -1.98. The Morgan fingerprint density at radius 3 is 1.91 bits per heavy atom. The van der Waals surface area contributed by atoms with Crippen LogP contribution in [0.4, 0.5) is 0 Å². The number of benzene rings is 2. The third-order valence-electron chi connectivity index (χ3n) is 18.2. The number of hydrogen-bond donors (Lipinski definition) is 1. The summed E-state index contributed by atoms with van der Waals surface area (Å²) >= 11 is 0. The Hall–Kier alpha value is -4.84. The highest BCUT2D eigenvalue weighted by Gasteiger charge is 2.61. The van der Waals surface area contributed by atoms with Gasteiger partial charge in [0.05, 0.1) is 62.7 Å². The Labute approximate surface area is 507 Å². The van der Waals surface area contributed by atoms with Gasteiger partial charge in [-0.25, -0.2) is 9.59 Å². The van der Waals surface area contributed by atoms with E-state index in [0.29, 0.717) is 12.0 Å². The predicted octanol–water partition coefficient (Wildman–Crippen LogP) is 10.4. The van der Waals surface area contributed by atoms with Crippen LogP contribution in [-0.2, 0) is 75.5 Å². The second-order valence-corrected chi connectivity index (χ2v) is 36.3. The number of ether oxygens (including phenoxy) is 9. The highest BCUT2D eigenvalue weighted by Crippen LogP contribution is 2.53. The van der Waals surface area contributed by atoms with E-state index in [1.807, 2.05) is 64.1 Å². The van der Waals surface area contributed by atoms with Crippen LogP contribution in [0.25, 0.3) is 0 Å². The molecule has 472 valence electrons. The number of rotatable bonds is 14. The molecule has 0 spiro atoms. The van der Waals surface area contributed by atoms with Crippen molar-refractivity contribution in [1.29, 1.82) is 0 Å². The van der Waals surface area contributed by atoms with Gasteiger partial charge in [0.2, 0.25) is 5.79 Å². The molecule has 85 heavy (non-hydrogen) atoms. The summed E-state index contributed by atoms with van der Waals surface area (Å²) in [5.74, 6) is -6.98. The molecule has 4 heterocycles. The maximum absolute atomic E-state index is 15.6. The molecule has 6 rings (SSSR count). The van der Waals surface area contributed by atoms with Gasteiger partial charge in [-0.2, -0.15) is 0 Å². The molecule has 6 bridgehead atoms. The molecule has 2 aromatic rings. The molecule has 0 aliphatic carbocycles. The Morgan fingerprint density at radius 2 is 1.36 bits per heavy atom. The van der Waals surface area contributed by atoms with Gasteiger partial charge in [0, 0.05) is 57.3 Å². The number of carbonyl (C=O) groups is 5. The SMILES string of the molecule is CCCC(=O)O[C@H]1/C(=C/C(=O)OC)C[C@H]2C[C@H]([C@@H](C)O[Si](C)(C)C(C)(C)C)OC(=O)C[C@H](O[Si](c3ccccc3)(c3ccccc3)C(C)(C)C)C[C@@H]3C[C@H](OC(C)=O)C(C)(C)[C@](OC)(C[C@@H]4C/C(=C/C(=O)OC)C[C@H](/C=C/C(C)(C)[C@]1(O)O2)O4)O3. The first-order valence-electron chi connectivity index (χ1n) is 30.2. The monoisotopic (exact) mass is 1220 g/mol. The van der Waals surface area contributed by atoms with Gasteiger partial charge in [-0.1, -0.05) is 155 Å².